The van der Waals surface area contributed by atoms with Crippen LogP contribution in [0.15, 0.2) is 29.3 Å². The molecule has 1 rings (SSSR count). The molecule has 0 aliphatic rings. The molecular formula is C17H29N3O2. The van der Waals surface area contributed by atoms with Crippen molar-refractivity contribution in [2.45, 2.75) is 39.8 Å². The predicted octanol–water partition coefficient (Wildman–Crippen LogP) is 2.35. The van der Waals surface area contributed by atoms with E-state index in [1.165, 1.54) is 5.56 Å². The maximum Gasteiger partial charge on any atom is 0.191 e. The van der Waals surface area contributed by atoms with Crippen molar-refractivity contribution < 1.29 is 9.47 Å². The number of guanidine groups is 1. The smallest absolute Gasteiger partial charge is 0.191 e. The number of aryl methyl sites for hydroxylation is 1. The molecule has 1 aromatic carbocycles. The average Bonchev–Trinajstić information content (AvgIpc) is 2.45. The van der Waals surface area contributed by atoms with Crippen molar-refractivity contribution in [3.63, 3.8) is 0 Å². The minimum Gasteiger partial charge on any atom is -0.489 e. The summed E-state index contributed by atoms with van der Waals surface area (Å²) in [6.45, 7) is 10.2. The fourth-order valence-corrected chi connectivity index (χ4v) is 2.02. The summed E-state index contributed by atoms with van der Waals surface area (Å²) in [7, 11) is 1.69. The molecular weight excluding hydrogens is 278 g/mol. The third-order valence-electron chi connectivity index (χ3n) is 2.98. The Balaban J connectivity index is 2.53. The Morgan fingerprint density at radius 3 is 2.73 bits per heavy atom. The number of ether oxygens (including phenoxy) is 2. The van der Waals surface area contributed by atoms with E-state index in [0.717, 1.165) is 18.3 Å². The van der Waals surface area contributed by atoms with Gasteiger partial charge in [0.15, 0.2) is 5.96 Å². The fourth-order valence-electron chi connectivity index (χ4n) is 2.02. The molecule has 5 nitrogen and oxygen atoms in total. The number of rotatable bonds is 8. The van der Waals surface area contributed by atoms with Crippen LogP contribution in [0.25, 0.3) is 0 Å². The number of hydrogen-bond donors (Lipinski definition) is 2. The Kier molecular flexibility index (Phi) is 8.36. The molecule has 0 radical (unpaired) electrons. The SMILES string of the molecule is CCNC(=NCC(C)Oc1cccc(C)c1)NC(C)COC. The maximum atomic E-state index is 5.89. The molecule has 0 heterocycles. The normalized spacial score (nSPS) is 14.3. The molecule has 0 aliphatic carbocycles. The number of aliphatic imine (C=N–C) groups is 1. The summed E-state index contributed by atoms with van der Waals surface area (Å²) in [5, 5.41) is 6.53. The van der Waals surface area contributed by atoms with E-state index in [0.29, 0.717) is 13.2 Å². The first kappa shape index (κ1) is 18.3. The third-order valence-corrected chi connectivity index (χ3v) is 2.98. The first-order chi connectivity index (χ1) is 10.5. The van der Waals surface area contributed by atoms with Gasteiger partial charge in [-0.2, -0.15) is 0 Å². The van der Waals surface area contributed by atoms with Crippen LogP contribution in [-0.4, -0.2) is 44.9 Å². The summed E-state index contributed by atoms with van der Waals surface area (Å²) in [6.07, 6.45) is 0.00925. The molecule has 0 saturated carbocycles. The van der Waals surface area contributed by atoms with E-state index in [2.05, 4.69) is 35.5 Å². The molecule has 0 amide bonds. The lowest BCUT2D eigenvalue weighted by Gasteiger charge is -2.18. The van der Waals surface area contributed by atoms with Crippen molar-refractivity contribution in [3.05, 3.63) is 29.8 Å². The Bertz CT molecular complexity index is 463. The lowest BCUT2D eigenvalue weighted by atomic mass is 10.2. The van der Waals surface area contributed by atoms with Crippen LogP contribution in [0.4, 0.5) is 0 Å². The molecule has 22 heavy (non-hydrogen) atoms. The van der Waals surface area contributed by atoms with E-state index in [-0.39, 0.29) is 12.1 Å². The van der Waals surface area contributed by atoms with Gasteiger partial charge < -0.3 is 20.1 Å². The van der Waals surface area contributed by atoms with Crippen LogP contribution in [0.2, 0.25) is 0 Å². The summed E-state index contributed by atoms with van der Waals surface area (Å²) < 4.78 is 11.0. The molecule has 2 N–H and O–H groups in total. The molecule has 1 aromatic rings. The highest BCUT2D eigenvalue weighted by molar-refractivity contribution is 5.80. The van der Waals surface area contributed by atoms with Gasteiger partial charge in [0.1, 0.15) is 11.9 Å². The molecule has 0 aliphatic heterocycles. The fraction of sp³-hybridized carbons (Fsp3) is 0.588. The van der Waals surface area contributed by atoms with Gasteiger partial charge in [-0.3, -0.25) is 0 Å². The lowest BCUT2D eigenvalue weighted by molar-refractivity contribution is 0.179. The van der Waals surface area contributed by atoms with E-state index in [1.807, 2.05) is 32.0 Å². The number of methoxy groups -OCH3 is 1. The standard InChI is InChI=1S/C17H29N3O2/c1-6-18-17(20-14(3)12-21-5)19-11-15(4)22-16-9-7-8-13(2)10-16/h7-10,14-15H,6,11-12H2,1-5H3,(H2,18,19,20). The Labute approximate surface area is 134 Å². The van der Waals surface area contributed by atoms with Crippen LogP contribution >= 0.6 is 0 Å². The average molecular weight is 307 g/mol. The molecule has 124 valence electrons. The highest BCUT2D eigenvalue weighted by Crippen LogP contribution is 2.14. The molecule has 0 aromatic heterocycles. The zero-order chi connectivity index (χ0) is 16.4. The van der Waals surface area contributed by atoms with Crippen molar-refractivity contribution in [3.8, 4) is 5.75 Å². The number of hydrogen-bond acceptors (Lipinski definition) is 3. The van der Waals surface area contributed by atoms with Gasteiger partial charge in [0.05, 0.1) is 13.2 Å². The first-order valence-electron chi connectivity index (χ1n) is 7.82. The van der Waals surface area contributed by atoms with Crippen molar-refractivity contribution in [1.82, 2.24) is 10.6 Å². The van der Waals surface area contributed by atoms with Crippen molar-refractivity contribution >= 4 is 5.96 Å². The van der Waals surface area contributed by atoms with E-state index < -0.39 is 0 Å². The van der Waals surface area contributed by atoms with Gasteiger partial charge in [-0.25, -0.2) is 4.99 Å². The van der Waals surface area contributed by atoms with Crippen LogP contribution in [0.1, 0.15) is 26.3 Å². The Morgan fingerprint density at radius 1 is 1.32 bits per heavy atom. The topological polar surface area (TPSA) is 54.9 Å². The monoisotopic (exact) mass is 307 g/mol. The summed E-state index contributed by atoms with van der Waals surface area (Å²) in [5.41, 5.74) is 1.19. The quantitative estimate of drug-likeness (QED) is 0.572. The predicted molar refractivity (Wildman–Crippen MR) is 91.7 cm³/mol. The van der Waals surface area contributed by atoms with E-state index in [9.17, 15) is 0 Å². The van der Waals surface area contributed by atoms with Crippen LogP contribution in [0.5, 0.6) is 5.75 Å². The first-order valence-corrected chi connectivity index (χ1v) is 7.82. The summed E-state index contributed by atoms with van der Waals surface area (Å²) in [4.78, 5) is 4.57. The van der Waals surface area contributed by atoms with Gasteiger partial charge in [0.2, 0.25) is 0 Å². The zero-order valence-electron chi connectivity index (χ0n) is 14.3. The molecule has 5 heteroatoms. The van der Waals surface area contributed by atoms with Gasteiger partial charge in [0.25, 0.3) is 0 Å². The summed E-state index contributed by atoms with van der Waals surface area (Å²) in [5.74, 6) is 1.67. The van der Waals surface area contributed by atoms with Gasteiger partial charge in [-0.1, -0.05) is 12.1 Å². The Morgan fingerprint density at radius 2 is 2.09 bits per heavy atom. The largest absolute Gasteiger partial charge is 0.489 e. The van der Waals surface area contributed by atoms with Gasteiger partial charge >= 0.3 is 0 Å². The van der Waals surface area contributed by atoms with E-state index in [1.54, 1.807) is 7.11 Å². The van der Waals surface area contributed by atoms with Gasteiger partial charge in [-0.15, -0.1) is 0 Å². The van der Waals surface area contributed by atoms with Crippen LogP contribution in [0.3, 0.4) is 0 Å². The molecule has 0 fully saturated rings. The third kappa shape index (κ3) is 7.31. The van der Waals surface area contributed by atoms with Gasteiger partial charge in [0, 0.05) is 19.7 Å². The molecule has 0 bridgehead atoms. The molecule has 2 unspecified atom stereocenters. The minimum atomic E-state index is 0.00925. The second-order valence-corrected chi connectivity index (χ2v) is 5.47. The molecule has 0 saturated heterocycles. The van der Waals surface area contributed by atoms with Crippen LogP contribution in [0, 0.1) is 6.92 Å². The number of nitrogens with zero attached hydrogens (tertiary/aromatic N) is 1. The van der Waals surface area contributed by atoms with Crippen LogP contribution in [-0.2, 0) is 4.74 Å². The second kappa shape index (κ2) is 10.1. The number of benzene rings is 1. The maximum absolute atomic E-state index is 5.89. The lowest BCUT2D eigenvalue weighted by Crippen LogP contribution is -2.44. The highest BCUT2D eigenvalue weighted by atomic mass is 16.5. The molecule has 2 atom stereocenters. The van der Waals surface area contributed by atoms with E-state index in [4.69, 9.17) is 9.47 Å². The van der Waals surface area contributed by atoms with Crippen molar-refractivity contribution in [1.29, 1.82) is 0 Å². The zero-order valence-corrected chi connectivity index (χ0v) is 14.3. The number of nitrogens with one attached hydrogen (secondary N) is 2. The van der Waals surface area contributed by atoms with Gasteiger partial charge in [-0.05, 0) is 45.4 Å². The minimum absolute atomic E-state index is 0.00925. The Hall–Kier alpha value is -1.75. The molecule has 0 spiro atoms. The second-order valence-electron chi connectivity index (χ2n) is 5.47. The van der Waals surface area contributed by atoms with E-state index >= 15 is 0 Å². The van der Waals surface area contributed by atoms with Crippen molar-refractivity contribution in [2.75, 3.05) is 26.8 Å². The summed E-state index contributed by atoms with van der Waals surface area (Å²) in [6, 6.07) is 8.26. The van der Waals surface area contributed by atoms with Crippen molar-refractivity contribution in [2.24, 2.45) is 4.99 Å². The highest BCUT2D eigenvalue weighted by Gasteiger charge is 2.07. The van der Waals surface area contributed by atoms with Crippen LogP contribution < -0.4 is 15.4 Å². The summed E-state index contributed by atoms with van der Waals surface area (Å²) >= 11 is 0.